The van der Waals surface area contributed by atoms with E-state index in [0.717, 1.165) is 29.8 Å². The van der Waals surface area contributed by atoms with Crippen LogP contribution in [0.5, 0.6) is 0 Å². The Labute approximate surface area is 113 Å². The van der Waals surface area contributed by atoms with Crippen molar-refractivity contribution in [2.75, 3.05) is 18.9 Å². The van der Waals surface area contributed by atoms with Gasteiger partial charge in [-0.05, 0) is 30.9 Å². The molecule has 0 radical (unpaired) electrons. The van der Waals surface area contributed by atoms with Crippen molar-refractivity contribution in [1.29, 1.82) is 0 Å². The smallest absolute Gasteiger partial charge is 0.202 e. The van der Waals surface area contributed by atoms with E-state index in [4.69, 9.17) is 10.5 Å². The van der Waals surface area contributed by atoms with Crippen LogP contribution in [0.1, 0.15) is 25.8 Å². The molecule has 0 aliphatic carbocycles. The van der Waals surface area contributed by atoms with E-state index in [-0.39, 0.29) is 0 Å². The van der Waals surface area contributed by atoms with Crippen molar-refractivity contribution in [3.8, 4) is 0 Å². The fourth-order valence-corrected chi connectivity index (χ4v) is 1.95. The highest BCUT2D eigenvalue weighted by molar-refractivity contribution is 5.77. The van der Waals surface area contributed by atoms with Crippen LogP contribution in [0.3, 0.4) is 0 Å². The zero-order valence-corrected chi connectivity index (χ0v) is 11.9. The number of nitrogens with zero attached hydrogens (tertiary/aromatic N) is 3. The van der Waals surface area contributed by atoms with Crippen LogP contribution in [-0.4, -0.2) is 27.7 Å². The number of ether oxygens (including phenoxy) is 1. The summed E-state index contributed by atoms with van der Waals surface area (Å²) < 4.78 is 7.53. The van der Waals surface area contributed by atoms with Crippen molar-refractivity contribution in [3.05, 3.63) is 17.8 Å². The molecule has 2 aromatic rings. The number of aromatic nitrogens is 3. The van der Waals surface area contributed by atoms with Crippen LogP contribution >= 0.6 is 0 Å². The lowest BCUT2D eigenvalue weighted by atomic mass is 10.1. The maximum Gasteiger partial charge on any atom is 0.202 e. The largest absolute Gasteiger partial charge is 0.380 e. The fraction of sp³-hybridized carbons (Fsp3) is 0.571. The summed E-state index contributed by atoms with van der Waals surface area (Å²) in [5.41, 5.74) is 8.75. The number of pyridine rings is 1. The van der Waals surface area contributed by atoms with Gasteiger partial charge in [-0.15, -0.1) is 0 Å². The molecule has 0 saturated heterocycles. The maximum atomic E-state index is 5.94. The summed E-state index contributed by atoms with van der Waals surface area (Å²) >= 11 is 0. The molecule has 19 heavy (non-hydrogen) atoms. The van der Waals surface area contributed by atoms with Gasteiger partial charge in [0.05, 0.1) is 13.2 Å². The van der Waals surface area contributed by atoms with E-state index in [1.807, 2.05) is 17.6 Å². The molecule has 0 aliphatic rings. The summed E-state index contributed by atoms with van der Waals surface area (Å²) in [4.78, 5) is 8.72. The summed E-state index contributed by atoms with van der Waals surface area (Å²) in [5, 5.41) is 0. The van der Waals surface area contributed by atoms with Gasteiger partial charge < -0.3 is 10.5 Å². The average Bonchev–Trinajstić information content (AvgIpc) is 2.67. The van der Waals surface area contributed by atoms with Crippen LogP contribution in [0.4, 0.5) is 5.95 Å². The first-order valence-corrected chi connectivity index (χ1v) is 6.74. The minimum Gasteiger partial charge on any atom is -0.380 e. The van der Waals surface area contributed by atoms with Crippen molar-refractivity contribution in [2.24, 2.45) is 5.92 Å². The SMILES string of the molecule is Cc1ccnc2c1nc(N)n2CCOCCC(C)C. The van der Waals surface area contributed by atoms with E-state index in [2.05, 4.69) is 23.8 Å². The summed E-state index contributed by atoms with van der Waals surface area (Å²) in [6, 6.07) is 1.94. The molecule has 5 heteroatoms. The number of imidazole rings is 1. The number of fused-ring (bicyclic) bond motifs is 1. The predicted molar refractivity (Wildman–Crippen MR) is 77.0 cm³/mol. The predicted octanol–water partition coefficient (Wildman–Crippen LogP) is 2.38. The van der Waals surface area contributed by atoms with Crippen molar-refractivity contribution >= 4 is 17.1 Å². The lowest BCUT2D eigenvalue weighted by molar-refractivity contribution is 0.117. The molecule has 2 rings (SSSR count). The Balaban J connectivity index is 2.01. The zero-order chi connectivity index (χ0) is 13.8. The molecule has 5 nitrogen and oxygen atoms in total. The minimum atomic E-state index is 0.504. The Bertz CT molecular complexity index is 548. The molecule has 0 amide bonds. The lowest BCUT2D eigenvalue weighted by Crippen LogP contribution is -2.10. The van der Waals surface area contributed by atoms with Gasteiger partial charge in [0.25, 0.3) is 0 Å². The molecule has 0 bridgehead atoms. The minimum absolute atomic E-state index is 0.504. The van der Waals surface area contributed by atoms with Crippen LogP contribution in [0.15, 0.2) is 12.3 Å². The standard InChI is InChI=1S/C14H22N4O/c1-10(2)5-8-19-9-7-18-13-12(17-14(18)15)11(3)4-6-16-13/h4,6,10H,5,7-9H2,1-3H3,(H2,15,17). The van der Waals surface area contributed by atoms with Crippen molar-refractivity contribution in [1.82, 2.24) is 14.5 Å². The maximum absolute atomic E-state index is 5.94. The Morgan fingerprint density at radius 2 is 2.16 bits per heavy atom. The topological polar surface area (TPSA) is 66.0 Å². The Morgan fingerprint density at radius 1 is 1.37 bits per heavy atom. The Hall–Kier alpha value is -1.62. The van der Waals surface area contributed by atoms with Gasteiger partial charge in [0.1, 0.15) is 5.52 Å². The number of anilines is 1. The summed E-state index contributed by atoms with van der Waals surface area (Å²) in [6.07, 6.45) is 2.87. The van der Waals surface area contributed by atoms with Gasteiger partial charge in [-0.3, -0.25) is 4.57 Å². The summed E-state index contributed by atoms with van der Waals surface area (Å²) in [7, 11) is 0. The monoisotopic (exact) mass is 262 g/mol. The number of rotatable bonds is 6. The molecule has 0 spiro atoms. The third-order valence-corrected chi connectivity index (χ3v) is 3.16. The highest BCUT2D eigenvalue weighted by Gasteiger charge is 2.10. The van der Waals surface area contributed by atoms with Gasteiger partial charge in [-0.25, -0.2) is 9.97 Å². The highest BCUT2D eigenvalue weighted by Crippen LogP contribution is 2.18. The number of hydrogen-bond acceptors (Lipinski definition) is 4. The Morgan fingerprint density at radius 3 is 2.89 bits per heavy atom. The highest BCUT2D eigenvalue weighted by atomic mass is 16.5. The van der Waals surface area contributed by atoms with E-state index >= 15 is 0 Å². The molecule has 0 unspecified atom stereocenters. The normalized spacial score (nSPS) is 11.6. The van der Waals surface area contributed by atoms with Crippen LogP contribution in [0.2, 0.25) is 0 Å². The van der Waals surface area contributed by atoms with E-state index in [1.54, 1.807) is 6.20 Å². The first-order chi connectivity index (χ1) is 9.09. The average molecular weight is 262 g/mol. The van der Waals surface area contributed by atoms with Crippen LogP contribution in [0, 0.1) is 12.8 Å². The van der Waals surface area contributed by atoms with Gasteiger partial charge in [0.2, 0.25) is 5.95 Å². The lowest BCUT2D eigenvalue weighted by Gasteiger charge is -2.08. The first-order valence-electron chi connectivity index (χ1n) is 6.74. The molecule has 0 aromatic carbocycles. The van der Waals surface area contributed by atoms with Gasteiger partial charge in [0.15, 0.2) is 5.65 Å². The van der Waals surface area contributed by atoms with Crippen LogP contribution < -0.4 is 5.73 Å². The number of nitrogen functional groups attached to an aromatic ring is 1. The van der Waals surface area contributed by atoms with E-state index in [9.17, 15) is 0 Å². The number of hydrogen-bond donors (Lipinski definition) is 1. The number of nitrogens with two attached hydrogens (primary N) is 1. The third-order valence-electron chi connectivity index (χ3n) is 3.16. The van der Waals surface area contributed by atoms with Gasteiger partial charge >= 0.3 is 0 Å². The van der Waals surface area contributed by atoms with Crippen molar-refractivity contribution < 1.29 is 4.74 Å². The first kappa shape index (κ1) is 13.8. The second-order valence-corrected chi connectivity index (χ2v) is 5.22. The van der Waals surface area contributed by atoms with E-state index in [1.165, 1.54) is 0 Å². The molecule has 2 N–H and O–H groups in total. The molecule has 0 saturated carbocycles. The van der Waals surface area contributed by atoms with Crippen LogP contribution in [0.25, 0.3) is 11.2 Å². The quantitative estimate of drug-likeness (QED) is 0.812. The third kappa shape index (κ3) is 3.23. The molecule has 104 valence electrons. The Kier molecular flexibility index (Phi) is 4.37. The van der Waals surface area contributed by atoms with Crippen molar-refractivity contribution in [3.63, 3.8) is 0 Å². The molecule has 0 aliphatic heterocycles. The van der Waals surface area contributed by atoms with Crippen molar-refractivity contribution in [2.45, 2.75) is 33.7 Å². The van der Waals surface area contributed by atoms with Crippen LogP contribution in [-0.2, 0) is 11.3 Å². The second-order valence-electron chi connectivity index (χ2n) is 5.22. The molecule has 2 heterocycles. The number of aryl methyl sites for hydroxylation is 1. The second kappa shape index (κ2) is 6.02. The molecule has 0 atom stereocenters. The van der Waals surface area contributed by atoms with E-state index < -0.39 is 0 Å². The summed E-state index contributed by atoms with van der Waals surface area (Å²) in [6.45, 7) is 8.51. The fourth-order valence-electron chi connectivity index (χ4n) is 1.95. The zero-order valence-electron chi connectivity index (χ0n) is 11.9. The van der Waals surface area contributed by atoms with Gasteiger partial charge in [-0.1, -0.05) is 13.8 Å². The molecular weight excluding hydrogens is 240 g/mol. The van der Waals surface area contributed by atoms with Gasteiger partial charge in [0, 0.05) is 12.8 Å². The molecule has 0 fully saturated rings. The van der Waals surface area contributed by atoms with Gasteiger partial charge in [-0.2, -0.15) is 0 Å². The molecule has 2 aromatic heterocycles. The molecular formula is C14H22N4O. The summed E-state index contributed by atoms with van der Waals surface area (Å²) in [5.74, 6) is 1.17. The van der Waals surface area contributed by atoms with E-state index in [0.29, 0.717) is 25.0 Å².